The van der Waals surface area contributed by atoms with Crippen molar-refractivity contribution in [3.05, 3.63) is 0 Å². The van der Waals surface area contributed by atoms with Gasteiger partial charge in [0.2, 0.25) is 0 Å². The molecule has 4 heteroatoms. The van der Waals surface area contributed by atoms with Crippen molar-refractivity contribution in [3.8, 4) is 0 Å². The molecule has 0 aromatic rings. The number of rotatable bonds is 6. The molecule has 100 valence electrons. The van der Waals surface area contributed by atoms with E-state index < -0.39 is 7.60 Å². The average Bonchev–Trinajstić information content (AvgIpc) is 2.91. The van der Waals surface area contributed by atoms with Gasteiger partial charge in [-0.25, -0.2) is 0 Å². The van der Waals surface area contributed by atoms with E-state index >= 15 is 0 Å². The first-order chi connectivity index (χ1) is 8.22. The second-order valence-corrected chi connectivity index (χ2v) is 7.45. The van der Waals surface area contributed by atoms with Crippen LogP contribution in [0, 0.1) is 0 Å². The summed E-state index contributed by atoms with van der Waals surface area (Å²) in [4.78, 5) is 0. The van der Waals surface area contributed by atoms with Gasteiger partial charge in [0.15, 0.2) is 0 Å². The Balaban J connectivity index is 1.89. The SMILES string of the molecule is CCCP(=O)(OC1CCCC1)OC1CCCC1. The topological polar surface area (TPSA) is 35.5 Å². The molecule has 0 spiro atoms. The highest BCUT2D eigenvalue weighted by Gasteiger charge is 2.33. The molecule has 0 N–H and O–H groups in total. The highest BCUT2D eigenvalue weighted by atomic mass is 31.2. The van der Waals surface area contributed by atoms with Crippen molar-refractivity contribution in [1.29, 1.82) is 0 Å². The van der Waals surface area contributed by atoms with Gasteiger partial charge < -0.3 is 9.05 Å². The van der Waals surface area contributed by atoms with E-state index in [1.54, 1.807) is 0 Å². The summed E-state index contributed by atoms with van der Waals surface area (Å²) in [6.07, 6.45) is 10.9. The molecule has 2 rings (SSSR count). The van der Waals surface area contributed by atoms with E-state index in [2.05, 4.69) is 0 Å². The molecule has 0 aliphatic heterocycles. The van der Waals surface area contributed by atoms with Gasteiger partial charge in [0, 0.05) is 6.16 Å². The predicted molar refractivity (Wildman–Crippen MR) is 69.4 cm³/mol. The van der Waals surface area contributed by atoms with Crippen molar-refractivity contribution in [2.45, 2.75) is 76.9 Å². The molecule has 0 unspecified atom stereocenters. The Bertz CT molecular complexity index is 246. The van der Waals surface area contributed by atoms with Gasteiger partial charge in [0.05, 0.1) is 12.2 Å². The molecular formula is C13H25O3P. The van der Waals surface area contributed by atoms with Crippen molar-refractivity contribution in [2.24, 2.45) is 0 Å². The molecule has 3 nitrogen and oxygen atoms in total. The van der Waals surface area contributed by atoms with Crippen LogP contribution in [0.3, 0.4) is 0 Å². The molecule has 0 amide bonds. The first-order valence-electron chi connectivity index (χ1n) is 7.18. The monoisotopic (exact) mass is 260 g/mol. The quantitative estimate of drug-likeness (QED) is 0.659. The molecule has 0 heterocycles. The normalized spacial score (nSPS) is 23.6. The van der Waals surface area contributed by atoms with Crippen LogP contribution >= 0.6 is 7.60 Å². The zero-order chi connectivity index (χ0) is 12.1. The van der Waals surface area contributed by atoms with Crippen molar-refractivity contribution >= 4 is 7.60 Å². The van der Waals surface area contributed by atoms with Gasteiger partial charge in [-0.05, 0) is 32.1 Å². The maximum Gasteiger partial charge on any atom is 0.331 e. The lowest BCUT2D eigenvalue weighted by molar-refractivity contribution is 0.118. The van der Waals surface area contributed by atoms with Crippen molar-refractivity contribution in [1.82, 2.24) is 0 Å². The Labute approximate surface area is 105 Å². The summed E-state index contributed by atoms with van der Waals surface area (Å²) in [7, 11) is -2.82. The third-order valence-electron chi connectivity index (χ3n) is 3.72. The lowest BCUT2D eigenvalue weighted by Gasteiger charge is -2.24. The summed E-state index contributed by atoms with van der Waals surface area (Å²) in [6.45, 7) is 2.04. The fraction of sp³-hybridized carbons (Fsp3) is 1.00. The van der Waals surface area contributed by atoms with E-state index in [1.807, 2.05) is 6.92 Å². The van der Waals surface area contributed by atoms with Crippen LogP contribution in [0.2, 0.25) is 0 Å². The number of hydrogen-bond acceptors (Lipinski definition) is 3. The van der Waals surface area contributed by atoms with Crippen LogP contribution in [-0.2, 0) is 13.6 Å². The van der Waals surface area contributed by atoms with E-state index in [0.717, 1.165) is 32.1 Å². The molecule has 0 bridgehead atoms. The molecule has 0 aromatic carbocycles. The summed E-state index contributed by atoms with van der Waals surface area (Å²) in [6, 6.07) is 0. The van der Waals surface area contributed by atoms with Crippen LogP contribution in [-0.4, -0.2) is 18.4 Å². The minimum absolute atomic E-state index is 0.189. The molecule has 0 radical (unpaired) electrons. The maximum atomic E-state index is 12.7. The summed E-state index contributed by atoms with van der Waals surface area (Å²) in [5, 5.41) is 0. The van der Waals surface area contributed by atoms with E-state index in [4.69, 9.17) is 9.05 Å². The highest BCUT2D eigenvalue weighted by Crippen LogP contribution is 2.54. The van der Waals surface area contributed by atoms with Gasteiger partial charge in [-0.2, -0.15) is 0 Å². The van der Waals surface area contributed by atoms with Crippen LogP contribution in [0.1, 0.15) is 64.7 Å². The molecule has 2 fully saturated rings. The standard InChI is InChI=1S/C13H25O3P/c1-2-11-17(14,15-12-7-3-4-8-12)16-13-9-5-6-10-13/h12-13H,2-11H2,1H3. The van der Waals surface area contributed by atoms with E-state index in [0.29, 0.717) is 6.16 Å². The van der Waals surface area contributed by atoms with Crippen molar-refractivity contribution in [2.75, 3.05) is 6.16 Å². The van der Waals surface area contributed by atoms with Crippen LogP contribution in [0.4, 0.5) is 0 Å². The smallest absolute Gasteiger partial charge is 0.305 e. The van der Waals surface area contributed by atoms with Crippen molar-refractivity contribution < 1.29 is 13.6 Å². The molecular weight excluding hydrogens is 235 g/mol. The molecule has 0 atom stereocenters. The lowest BCUT2D eigenvalue weighted by atomic mass is 10.3. The third kappa shape index (κ3) is 4.08. The predicted octanol–water partition coefficient (Wildman–Crippen LogP) is 4.51. The molecule has 0 aromatic heterocycles. The second kappa shape index (κ2) is 6.36. The summed E-state index contributed by atoms with van der Waals surface area (Å²) < 4.78 is 24.3. The van der Waals surface area contributed by atoms with Crippen molar-refractivity contribution in [3.63, 3.8) is 0 Å². The average molecular weight is 260 g/mol. The van der Waals surface area contributed by atoms with Gasteiger partial charge in [0.25, 0.3) is 0 Å². The minimum Gasteiger partial charge on any atom is -0.305 e. The molecule has 17 heavy (non-hydrogen) atoms. The molecule has 2 aliphatic carbocycles. The Kier molecular flexibility index (Phi) is 5.08. The second-order valence-electron chi connectivity index (χ2n) is 5.36. The van der Waals surface area contributed by atoms with Crippen LogP contribution < -0.4 is 0 Å². The van der Waals surface area contributed by atoms with E-state index in [-0.39, 0.29) is 12.2 Å². The van der Waals surface area contributed by atoms with Crippen LogP contribution in [0.5, 0.6) is 0 Å². The van der Waals surface area contributed by atoms with Crippen LogP contribution in [0.15, 0.2) is 0 Å². The minimum atomic E-state index is -2.82. The van der Waals surface area contributed by atoms with Gasteiger partial charge in [-0.3, -0.25) is 4.57 Å². The van der Waals surface area contributed by atoms with E-state index in [9.17, 15) is 4.57 Å². The van der Waals surface area contributed by atoms with Gasteiger partial charge in [-0.1, -0.05) is 32.6 Å². The molecule has 2 aliphatic rings. The molecule has 0 saturated heterocycles. The largest absolute Gasteiger partial charge is 0.331 e. The lowest BCUT2D eigenvalue weighted by Crippen LogP contribution is -2.14. The maximum absolute atomic E-state index is 12.7. The third-order valence-corrected chi connectivity index (χ3v) is 5.95. The summed E-state index contributed by atoms with van der Waals surface area (Å²) in [5.41, 5.74) is 0. The first kappa shape index (κ1) is 13.6. The number of hydrogen-bond donors (Lipinski definition) is 0. The fourth-order valence-corrected chi connectivity index (χ4v) is 4.98. The summed E-state index contributed by atoms with van der Waals surface area (Å²) >= 11 is 0. The van der Waals surface area contributed by atoms with Gasteiger partial charge in [0.1, 0.15) is 0 Å². The zero-order valence-electron chi connectivity index (χ0n) is 10.9. The van der Waals surface area contributed by atoms with Crippen LogP contribution in [0.25, 0.3) is 0 Å². The Morgan fingerprint density at radius 3 is 1.71 bits per heavy atom. The van der Waals surface area contributed by atoms with Gasteiger partial charge in [-0.15, -0.1) is 0 Å². The molecule has 2 saturated carbocycles. The summed E-state index contributed by atoms with van der Waals surface area (Å²) in [5.74, 6) is 0. The van der Waals surface area contributed by atoms with Gasteiger partial charge >= 0.3 is 7.60 Å². The Hall–Kier alpha value is 0.150. The Morgan fingerprint density at radius 1 is 0.941 bits per heavy atom. The fourth-order valence-electron chi connectivity index (χ4n) is 2.85. The first-order valence-corrected chi connectivity index (χ1v) is 8.90. The highest BCUT2D eigenvalue weighted by molar-refractivity contribution is 7.53. The zero-order valence-corrected chi connectivity index (χ0v) is 11.8. The van der Waals surface area contributed by atoms with E-state index in [1.165, 1.54) is 25.7 Å². The Morgan fingerprint density at radius 2 is 1.35 bits per heavy atom.